The van der Waals surface area contributed by atoms with E-state index in [-0.39, 0.29) is 5.91 Å². The summed E-state index contributed by atoms with van der Waals surface area (Å²) in [5.41, 5.74) is 7.14. The number of nitrogens with one attached hydrogen (secondary N) is 1. The van der Waals surface area contributed by atoms with Gasteiger partial charge in [-0.3, -0.25) is 9.48 Å². The second-order valence-corrected chi connectivity index (χ2v) is 4.18. The molecule has 0 bridgehead atoms. The van der Waals surface area contributed by atoms with Crippen LogP contribution in [0.1, 0.15) is 22.3 Å². The number of rotatable bonds is 6. The smallest absolute Gasteiger partial charge is 0.251 e. The lowest BCUT2D eigenvalue weighted by Gasteiger charge is -2.06. The highest BCUT2D eigenvalue weighted by molar-refractivity contribution is 5.94. The minimum absolute atomic E-state index is 0.0751. The number of carbonyl (C=O) groups excluding carboxylic acids is 1. The highest BCUT2D eigenvalue weighted by Crippen LogP contribution is 2.04. The van der Waals surface area contributed by atoms with Crippen molar-refractivity contribution in [3.63, 3.8) is 0 Å². The molecule has 2 aromatic rings. The minimum Gasteiger partial charge on any atom is -0.352 e. The Morgan fingerprint density at radius 2 is 2.32 bits per heavy atom. The molecule has 0 fully saturated rings. The molecule has 0 radical (unpaired) electrons. The van der Waals surface area contributed by atoms with E-state index in [0.717, 1.165) is 18.5 Å². The summed E-state index contributed by atoms with van der Waals surface area (Å²) >= 11 is 0. The van der Waals surface area contributed by atoms with Crippen LogP contribution in [-0.4, -0.2) is 27.4 Å². The molecule has 6 heteroatoms. The molecule has 0 spiro atoms. The van der Waals surface area contributed by atoms with Crippen LogP contribution in [0.2, 0.25) is 0 Å². The molecule has 6 nitrogen and oxygen atoms in total. The third-order valence-electron chi connectivity index (χ3n) is 2.75. The van der Waals surface area contributed by atoms with Gasteiger partial charge in [0.05, 0.1) is 6.20 Å². The predicted octanol–water partition coefficient (Wildman–Crippen LogP) is 0.557. The molecule has 3 N–H and O–H groups in total. The summed E-state index contributed by atoms with van der Waals surface area (Å²) < 4.78 is 1.74. The Morgan fingerprint density at radius 1 is 1.42 bits per heavy atom. The van der Waals surface area contributed by atoms with Crippen molar-refractivity contribution < 1.29 is 4.79 Å². The maximum atomic E-state index is 11.9. The van der Waals surface area contributed by atoms with Gasteiger partial charge in [0, 0.05) is 31.4 Å². The van der Waals surface area contributed by atoms with E-state index in [1.807, 2.05) is 18.2 Å². The number of aromatic nitrogens is 3. The van der Waals surface area contributed by atoms with Gasteiger partial charge >= 0.3 is 0 Å². The molecule has 1 amide bonds. The highest BCUT2D eigenvalue weighted by atomic mass is 16.1. The summed E-state index contributed by atoms with van der Waals surface area (Å²) in [7, 11) is 0. The lowest BCUT2D eigenvalue weighted by Crippen LogP contribution is -2.25. The molecular weight excluding hydrogens is 242 g/mol. The molecule has 0 aliphatic carbocycles. The van der Waals surface area contributed by atoms with Crippen molar-refractivity contribution in [3.05, 3.63) is 47.8 Å². The first-order valence-corrected chi connectivity index (χ1v) is 6.21. The van der Waals surface area contributed by atoms with E-state index in [1.54, 1.807) is 23.1 Å². The Hall–Kier alpha value is -2.21. The summed E-state index contributed by atoms with van der Waals surface area (Å²) in [5.74, 6) is -0.0751. The van der Waals surface area contributed by atoms with Gasteiger partial charge in [-0.25, -0.2) is 0 Å². The number of hydrogen-bond donors (Lipinski definition) is 2. The lowest BCUT2D eigenvalue weighted by atomic mass is 10.1. The number of nitrogens with two attached hydrogens (primary N) is 1. The second kappa shape index (κ2) is 6.65. The topological polar surface area (TPSA) is 85.8 Å². The van der Waals surface area contributed by atoms with Gasteiger partial charge < -0.3 is 11.1 Å². The van der Waals surface area contributed by atoms with E-state index in [4.69, 9.17) is 5.73 Å². The van der Waals surface area contributed by atoms with Crippen molar-refractivity contribution in [2.75, 3.05) is 6.54 Å². The zero-order valence-electron chi connectivity index (χ0n) is 10.6. The molecular formula is C13H17N5O. The Balaban J connectivity index is 1.77. The number of aryl methyl sites for hydroxylation is 1. The fraction of sp³-hybridized carbons (Fsp3) is 0.308. The molecule has 19 heavy (non-hydrogen) atoms. The van der Waals surface area contributed by atoms with E-state index in [0.29, 0.717) is 18.7 Å². The maximum Gasteiger partial charge on any atom is 0.251 e. The molecule has 1 heterocycles. The molecule has 1 aromatic heterocycles. The van der Waals surface area contributed by atoms with Gasteiger partial charge in [-0.1, -0.05) is 17.3 Å². The summed E-state index contributed by atoms with van der Waals surface area (Å²) in [6, 6.07) is 7.34. The minimum atomic E-state index is -0.0751. The van der Waals surface area contributed by atoms with Crippen LogP contribution in [-0.2, 0) is 13.1 Å². The predicted molar refractivity (Wildman–Crippen MR) is 71.3 cm³/mol. The van der Waals surface area contributed by atoms with Gasteiger partial charge in [-0.15, -0.1) is 5.10 Å². The molecule has 0 aliphatic heterocycles. The van der Waals surface area contributed by atoms with Gasteiger partial charge in [-0.05, 0) is 24.1 Å². The van der Waals surface area contributed by atoms with Gasteiger partial charge in [0.15, 0.2) is 0 Å². The Labute approximate surface area is 111 Å². The quantitative estimate of drug-likeness (QED) is 0.742. The van der Waals surface area contributed by atoms with E-state index in [2.05, 4.69) is 15.6 Å². The standard InChI is InChI=1S/C13H17N5O/c14-10-11-3-1-4-12(9-11)13(19)15-5-2-7-18-8-6-16-17-18/h1,3-4,6,8-9H,2,5,7,10,14H2,(H,15,19). The van der Waals surface area contributed by atoms with Gasteiger partial charge in [0.2, 0.25) is 0 Å². The third-order valence-corrected chi connectivity index (χ3v) is 2.75. The van der Waals surface area contributed by atoms with Crippen molar-refractivity contribution in [2.45, 2.75) is 19.5 Å². The maximum absolute atomic E-state index is 11.9. The molecule has 0 saturated carbocycles. The molecule has 0 aliphatic rings. The zero-order chi connectivity index (χ0) is 13.5. The van der Waals surface area contributed by atoms with Crippen molar-refractivity contribution in [1.82, 2.24) is 20.3 Å². The van der Waals surface area contributed by atoms with E-state index in [9.17, 15) is 4.79 Å². The Morgan fingerprint density at radius 3 is 3.05 bits per heavy atom. The van der Waals surface area contributed by atoms with Crippen LogP contribution < -0.4 is 11.1 Å². The van der Waals surface area contributed by atoms with Crippen molar-refractivity contribution >= 4 is 5.91 Å². The Kier molecular flexibility index (Phi) is 4.63. The second-order valence-electron chi connectivity index (χ2n) is 4.18. The number of carbonyl (C=O) groups is 1. The number of nitrogens with zero attached hydrogens (tertiary/aromatic N) is 3. The first kappa shape index (κ1) is 13.2. The third kappa shape index (κ3) is 3.89. The average molecular weight is 259 g/mol. The average Bonchev–Trinajstić information content (AvgIpc) is 2.96. The van der Waals surface area contributed by atoms with E-state index < -0.39 is 0 Å². The first-order valence-electron chi connectivity index (χ1n) is 6.21. The number of hydrogen-bond acceptors (Lipinski definition) is 4. The van der Waals surface area contributed by atoms with Crippen molar-refractivity contribution in [1.29, 1.82) is 0 Å². The summed E-state index contributed by atoms with van der Waals surface area (Å²) in [5, 5.41) is 10.4. The van der Waals surface area contributed by atoms with Crippen LogP contribution in [0.4, 0.5) is 0 Å². The fourth-order valence-corrected chi connectivity index (χ4v) is 1.74. The lowest BCUT2D eigenvalue weighted by molar-refractivity contribution is 0.0952. The van der Waals surface area contributed by atoms with Crippen LogP contribution in [0.15, 0.2) is 36.7 Å². The largest absolute Gasteiger partial charge is 0.352 e. The van der Waals surface area contributed by atoms with Gasteiger partial charge in [0.1, 0.15) is 0 Å². The van der Waals surface area contributed by atoms with Crippen molar-refractivity contribution in [2.24, 2.45) is 5.73 Å². The van der Waals surface area contributed by atoms with Crippen LogP contribution in [0.3, 0.4) is 0 Å². The van der Waals surface area contributed by atoms with E-state index >= 15 is 0 Å². The molecule has 0 unspecified atom stereocenters. The van der Waals surface area contributed by atoms with Crippen LogP contribution in [0.25, 0.3) is 0 Å². The normalized spacial score (nSPS) is 10.4. The van der Waals surface area contributed by atoms with Gasteiger partial charge in [-0.2, -0.15) is 0 Å². The number of benzene rings is 1. The van der Waals surface area contributed by atoms with Crippen LogP contribution in [0.5, 0.6) is 0 Å². The molecule has 0 saturated heterocycles. The van der Waals surface area contributed by atoms with E-state index in [1.165, 1.54) is 0 Å². The highest BCUT2D eigenvalue weighted by Gasteiger charge is 2.04. The number of amides is 1. The first-order chi connectivity index (χ1) is 9.29. The SMILES string of the molecule is NCc1cccc(C(=O)NCCCn2ccnn2)c1. The monoisotopic (exact) mass is 259 g/mol. The Bertz CT molecular complexity index is 524. The molecule has 2 rings (SSSR count). The molecule has 1 aromatic carbocycles. The summed E-state index contributed by atoms with van der Waals surface area (Å²) in [6.45, 7) is 1.78. The van der Waals surface area contributed by atoms with Crippen LogP contribution >= 0.6 is 0 Å². The summed E-state index contributed by atoms with van der Waals surface area (Å²) in [6.07, 6.45) is 4.25. The molecule has 100 valence electrons. The molecule has 0 atom stereocenters. The zero-order valence-corrected chi connectivity index (χ0v) is 10.6. The van der Waals surface area contributed by atoms with Crippen molar-refractivity contribution in [3.8, 4) is 0 Å². The fourth-order valence-electron chi connectivity index (χ4n) is 1.74. The van der Waals surface area contributed by atoms with Crippen LogP contribution in [0, 0.1) is 0 Å². The summed E-state index contributed by atoms with van der Waals surface area (Å²) in [4.78, 5) is 11.9. The van der Waals surface area contributed by atoms with Gasteiger partial charge in [0.25, 0.3) is 5.91 Å².